The van der Waals surface area contributed by atoms with Crippen LogP contribution < -0.4 is 0 Å². The number of carbonyl (C=O) groups is 2. The van der Waals surface area contributed by atoms with Crippen molar-refractivity contribution in [2.24, 2.45) is 0 Å². The molecule has 0 fully saturated rings. The lowest BCUT2D eigenvalue weighted by Gasteiger charge is -2.21. The predicted octanol–water partition coefficient (Wildman–Crippen LogP) is 11.9. The van der Waals surface area contributed by atoms with Crippen LogP contribution in [0.4, 0.5) is 0 Å². The van der Waals surface area contributed by atoms with Crippen molar-refractivity contribution in [1.82, 2.24) is 0 Å². The van der Waals surface area contributed by atoms with Gasteiger partial charge in [0.2, 0.25) is 0 Å². The molecule has 244 valence electrons. The van der Waals surface area contributed by atoms with Crippen molar-refractivity contribution in [3.05, 3.63) is 46.5 Å². The van der Waals surface area contributed by atoms with E-state index >= 15 is 0 Å². The lowest BCUT2D eigenvalue weighted by atomic mass is 9.83. The molecule has 0 atom stereocenters. The summed E-state index contributed by atoms with van der Waals surface area (Å²) in [5.41, 5.74) is 0.493. The molecule has 2 N–H and O–H groups in total. The van der Waals surface area contributed by atoms with Crippen LogP contribution >= 0.6 is 23.5 Å². The van der Waals surface area contributed by atoms with E-state index < -0.39 is 11.6 Å². The van der Waals surface area contributed by atoms with E-state index in [4.69, 9.17) is 0 Å². The van der Waals surface area contributed by atoms with Crippen molar-refractivity contribution < 1.29 is 19.8 Å². The van der Waals surface area contributed by atoms with E-state index in [-0.39, 0.29) is 22.6 Å². The van der Waals surface area contributed by atoms with Gasteiger partial charge in [-0.2, -0.15) is 0 Å². The summed E-state index contributed by atoms with van der Waals surface area (Å²) in [6.07, 6.45) is 26.0. The van der Waals surface area contributed by atoms with Gasteiger partial charge in [-0.1, -0.05) is 129 Å². The molecule has 0 unspecified atom stereocenters. The Kier molecular flexibility index (Phi) is 17.4. The topological polar surface area (TPSA) is 74.6 Å². The normalized spacial score (nSPS) is 12.5. The highest BCUT2D eigenvalue weighted by atomic mass is 32.2. The molecule has 2 aromatic carbocycles. The monoisotopic (exact) mass is 640 g/mol. The zero-order valence-electron chi connectivity index (χ0n) is 27.4. The minimum Gasteiger partial charge on any atom is -0.507 e. The summed E-state index contributed by atoms with van der Waals surface area (Å²) in [5.74, 6) is 0.643. The molecule has 0 bridgehead atoms. The van der Waals surface area contributed by atoms with E-state index in [2.05, 4.69) is 13.8 Å². The SMILES string of the molecule is CCCCCCCCCCCCSc1cc2c(cc1SCCCCCCCCCCCC)C(=O)c1c(O)ccc(O)c1C2=O. The summed E-state index contributed by atoms with van der Waals surface area (Å²) in [6.45, 7) is 4.52. The molecular formula is C38H56O4S2. The van der Waals surface area contributed by atoms with Crippen LogP contribution in [0.5, 0.6) is 11.5 Å². The minimum atomic E-state index is -0.393. The predicted molar refractivity (Wildman–Crippen MR) is 188 cm³/mol. The van der Waals surface area contributed by atoms with Gasteiger partial charge in [0.15, 0.2) is 11.6 Å². The second-order valence-electron chi connectivity index (χ2n) is 12.4. The average Bonchev–Trinajstić information content (AvgIpc) is 3.02. The Hall–Kier alpha value is -1.92. The Bertz CT molecular complexity index is 1090. The average molecular weight is 641 g/mol. The van der Waals surface area contributed by atoms with Crippen LogP contribution in [0.3, 0.4) is 0 Å². The minimum absolute atomic E-state index is 0.0843. The molecule has 0 spiro atoms. The van der Waals surface area contributed by atoms with E-state index in [0.29, 0.717) is 11.1 Å². The second-order valence-corrected chi connectivity index (χ2v) is 14.7. The van der Waals surface area contributed by atoms with Gasteiger partial charge < -0.3 is 10.2 Å². The van der Waals surface area contributed by atoms with Crippen molar-refractivity contribution in [1.29, 1.82) is 0 Å². The van der Waals surface area contributed by atoms with Crippen LogP contribution in [-0.2, 0) is 0 Å². The fourth-order valence-corrected chi connectivity index (χ4v) is 8.31. The Balaban J connectivity index is 1.56. The molecule has 0 radical (unpaired) electrons. The van der Waals surface area contributed by atoms with Gasteiger partial charge in [0, 0.05) is 20.9 Å². The molecule has 3 rings (SSSR count). The lowest BCUT2D eigenvalue weighted by Crippen LogP contribution is -2.21. The third kappa shape index (κ3) is 11.5. The Labute approximate surface area is 275 Å². The van der Waals surface area contributed by atoms with Crippen molar-refractivity contribution in [3.63, 3.8) is 0 Å². The van der Waals surface area contributed by atoms with Crippen molar-refractivity contribution in [2.75, 3.05) is 11.5 Å². The number of ketones is 2. The first-order chi connectivity index (χ1) is 21.5. The summed E-state index contributed by atoms with van der Waals surface area (Å²) in [5, 5.41) is 20.8. The van der Waals surface area contributed by atoms with E-state index in [1.165, 1.54) is 128 Å². The van der Waals surface area contributed by atoms with Gasteiger partial charge in [0.1, 0.15) is 11.5 Å². The van der Waals surface area contributed by atoms with Gasteiger partial charge in [-0.25, -0.2) is 0 Å². The van der Waals surface area contributed by atoms with Gasteiger partial charge in [-0.05, 0) is 48.6 Å². The molecule has 6 heteroatoms. The van der Waals surface area contributed by atoms with Crippen molar-refractivity contribution in [3.8, 4) is 11.5 Å². The third-order valence-electron chi connectivity index (χ3n) is 8.70. The standard InChI is InChI=1S/C38H56O4S2/c1-3-5-7-9-11-13-15-17-19-21-25-43-33-27-29-30(38(42)36-32(40)24-23-31(39)35(36)37(29)41)28-34(33)44-26-22-20-18-16-14-12-10-8-6-4-2/h23-24,27-28,39-40H,3-22,25-26H2,1-2H3. The highest BCUT2D eigenvalue weighted by Gasteiger charge is 2.35. The number of phenols is 2. The highest BCUT2D eigenvalue weighted by molar-refractivity contribution is 8.02. The number of hydrogen-bond donors (Lipinski definition) is 2. The fraction of sp³-hybridized carbons (Fsp3) is 0.632. The maximum absolute atomic E-state index is 13.5. The number of carbonyl (C=O) groups excluding carboxylic acids is 2. The van der Waals surface area contributed by atoms with E-state index in [1.807, 2.05) is 12.1 Å². The summed E-state index contributed by atoms with van der Waals surface area (Å²) in [7, 11) is 0. The van der Waals surface area contributed by atoms with Gasteiger partial charge in [0.25, 0.3) is 0 Å². The van der Waals surface area contributed by atoms with Crippen LogP contribution in [0, 0.1) is 0 Å². The van der Waals surface area contributed by atoms with Gasteiger partial charge >= 0.3 is 0 Å². The largest absolute Gasteiger partial charge is 0.507 e. The summed E-state index contributed by atoms with van der Waals surface area (Å²) >= 11 is 3.55. The second kappa shape index (κ2) is 21.0. The number of benzene rings is 2. The first-order valence-corrected chi connectivity index (χ1v) is 19.5. The fourth-order valence-electron chi connectivity index (χ4n) is 6.01. The Morgan fingerprint density at radius 2 is 0.773 bits per heavy atom. The maximum Gasteiger partial charge on any atom is 0.198 e. The number of fused-ring (bicyclic) bond motifs is 2. The number of hydrogen-bond acceptors (Lipinski definition) is 6. The van der Waals surface area contributed by atoms with Crippen LogP contribution in [0.15, 0.2) is 34.1 Å². The molecule has 0 saturated carbocycles. The quantitative estimate of drug-likeness (QED) is 0.0576. The first kappa shape index (κ1) is 36.5. The maximum atomic E-state index is 13.5. The van der Waals surface area contributed by atoms with Gasteiger partial charge in [0.05, 0.1) is 11.1 Å². The van der Waals surface area contributed by atoms with Crippen LogP contribution in [-0.4, -0.2) is 33.3 Å². The number of phenolic OH excluding ortho intramolecular Hbond substituents is 2. The first-order valence-electron chi connectivity index (χ1n) is 17.6. The van der Waals surface area contributed by atoms with Crippen LogP contribution in [0.2, 0.25) is 0 Å². The van der Waals surface area contributed by atoms with Gasteiger partial charge in [-0.15, -0.1) is 23.5 Å². The molecule has 0 heterocycles. The molecule has 1 aliphatic carbocycles. The van der Waals surface area contributed by atoms with Crippen molar-refractivity contribution >= 4 is 35.1 Å². The molecule has 44 heavy (non-hydrogen) atoms. The molecule has 0 aliphatic heterocycles. The molecule has 2 aromatic rings. The summed E-state index contributed by atoms with van der Waals surface area (Å²) in [4.78, 5) is 29.0. The molecule has 0 aromatic heterocycles. The third-order valence-corrected chi connectivity index (χ3v) is 11.1. The Morgan fingerprint density at radius 3 is 1.09 bits per heavy atom. The van der Waals surface area contributed by atoms with E-state index in [0.717, 1.165) is 34.1 Å². The van der Waals surface area contributed by atoms with E-state index in [9.17, 15) is 19.8 Å². The van der Waals surface area contributed by atoms with Crippen LogP contribution in [0.1, 0.15) is 174 Å². The molecule has 1 aliphatic rings. The van der Waals surface area contributed by atoms with Gasteiger partial charge in [-0.3, -0.25) is 9.59 Å². The molecule has 4 nitrogen and oxygen atoms in total. The summed E-state index contributed by atoms with van der Waals surface area (Å²) in [6, 6.07) is 6.29. The number of aromatic hydroxyl groups is 2. The van der Waals surface area contributed by atoms with Crippen LogP contribution in [0.25, 0.3) is 0 Å². The number of rotatable bonds is 24. The molecular weight excluding hydrogens is 585 g/mol. The number of thioether (sulfide) groups is 2. The highest BCUT2D eigenvalue weighted by Crippen LogP contribution is 2.42. The smallest absolute Gasteiger partial charge is 0.198 e. The van der Waals surface area contributed by atoms with Crippen molar-refractivity contribution in [2.45, 2.75) is 152 Å². The summed E-state index contributed by atoms with van der Waals surface area (Å²) < 4.78 is 0. The lowest BCUT2D eigenvalue weighted by molar-refractivity contribution is 0.0973. The Morgan fingerprint density at radius 1 is 0.477 bits per heavy atom. The molecule has 0 saturated heterocycles. The zero-order valence-corrected chi connectivity index (χ0v) is 29.0. The zero-order chi connectivity index (χ0) is 31.6. The van der Waals surface area contributed by atoms with E-state index in [1.54, 1.807) is 23.5 Å². The number of unbranched alkanes of at least 4 members (excludes halogenated alkanes) is 18. The molecule has 0 amide bonds.